The smallest absolute Gasteiger partial charge is 0.339 e. The zero-order valence-corrected chi connectivity index (χ0v) is 11.2. The normalized spacial score (nSPS) is 10.2. The summed E-state index contributed by atoms with van der Waals surface area (Å²) in [5.74, 6) is -0.383. The highest BCUT2D eigenvalue weighted by Gasteiger charge is 2.16. The summed E-state index contributed by atoms with van der Waals surface area (Å²) in [5, 5.41) is 0.721. The Morgan fingerprint density at radius 1 is 1.42 bits per heavy atom. The monoisotopic (exact) mass is 275 g/mol. The minimum atomic E-state index is -0.383. The molecule has 0 saturated heterocycles. The molecule has 2 N–H and O–H groups in total. The Balaban J connectivity index is 2.36. The summed E-state index contributed by atoms with van der Waals surface area (Å²) < 4.78 is 5.02. The molecule has 2 rings (SSSR count). The van der Waals surface area contributed by atoms with E-state index in [2.05, 4.69) is 9.97 Å². The van der Waals surface area contributed by atoms with E-state index in [0.29, 0.717) is 22.8 Å². The maximum absolute atomic E-state index is 11.9. The van der Waals surface area contributed by atoms with Crippen LogP contribution in [0.3, 0.4) is 0 Å². The van der Waals surface area contributed by atoms with Crippen molar-refractivity contribution in [2.24, 2.45) is 0 Å². The summed E-state index contributed by atoms with van der Waals surface area (Å²) in [7, 11) is 0. The fourth-order valence-corrected chi connectivity index (χ4v) is 2.37. The average molecular weight is 275 g/mol. The molecule has 0 fully saturated rings. The van der Waals surface area contributed by atoms with Gasteiger partial charge < -0.3 is 10.5 Å². The molecule has 98 valence electrons. The van der Waals surface area contributed by atoms with E-state index in [0.717, 1.165) is 5.03 Å². The van der Waals surface area contributed by atoms with Crippen LogP contribution in [-0.2, 0) is 4.74 Å². The maximum atomic E-state index is 11.9. The summed E-state index contributed by atoms with van der Waals surface area (Å²) in [6.07, 6.45) is 3.09. The number of aromatic nitrogens is 2. The molecule has 0 aliphatic heterocycles. The Hall–Kier alpha value is -2.08. The summed E-state index contributed by atoms with van der Waals surface area (Å²) in [6, 6.07) is 6.92. The molecular formula is C13H13N3O2S. The number of rotatable bonds is 4. The van der Waals surface area contributed by atoms with Gasteiger partial charge in [-0.3, -0.25) is 0 Å². The number of ether oxygens (including phenoxy) is 1. The van der Waals surface area contributed by atoms with Gasteiger partial charge in [0.05, 0.1) is 17.1 Å². The van der Waals surface area contributed by atoms with Crippen molar-refractivity contribution in [3.8, 4) is 0 Å². The number of hydrogen-bond donors (Lipinski definition) is 1. The van der Waals surface area contributed by atoms with Crippen LogP contribution < -0.4 is 5.73 Å². The van der Waals surface area contributed by atoms with Crippen LogP contribution in [0.4, 0.5) is 5.69 Å². The Morgan fingerprint density at radius 2 is 2.26 bits per heavy atom. The highest BCUT2D eigenvalue weighted by atomic mass is 32.2. The molecule has 0 bridgehead atoms. The number of nitrogens with two attached hydrogens (primary N) is 1. The lowest BCUT2D eigenvalue weighted by Gasteiger charge is -2.10. The predicted octanol–water partition coefficient (Wildman–Crippen LogP) is 2.39. The van der Waals surface area contributed by atoms with Crippen molar-refractivity contribution in [3.05, 3.63) is 42.4 Å². The van der Waals surface area contributed by atoms with Crippen LogP contribution in [0.1, 0.15) is 17.3 Å². The van der Waals surface area contributed by atoms with Gasteiger partial charge in [0, 0.05) is 11.9 Å². The lowest BCUT2D eigenvalue weighted by molar-refractivity contribution is 0.0522. The fraction of sp³-hybridized carbons (Fsp3) is 0.154. The highest BCUT2D eigenvalue weighted by Crippen LogP contribution is 2.33. The van der Waals surface area contributed by atoms with Crippen molar-refractivity contribution in [2.45, 2.75) is 16.8 Å². The standard InChI is InChI=1S/C13H13N3O2S/c1-2-18-13(17)9-4-3-5-10(14)12(9)19-11-6-7-15-8-16-11/h3-8H,2,14H2,1H3. The number of carbonyl (C=O) groups is 1. The molecule has 1 heterocycles. The molecule has 6 heteroatoms. The first-order valence-corrected chi connectivity index (χ1v) is 6.53. The molecule has 19 heavy (non-hydrogen) atoms. The number of nitrogens with zero attached hydrogens (tertiary/aromatic N) is 2. The molecular weight excluding hydrogens is 262 g/mol. The molecule has 0 atom stereocenters. The van der Waals surface area contributed by atoms with Crippen LogP contribution >= 0.6 is 11.8 Å². The van der Waals surface area contributed by atoms with Crippen molar-refractivity contribution in [1.29, 1.82) is 0 Å². The highest BCUT2D eigenvalue weighted by molar-refractivity contribution is 7.99. The summed E-state index contributed by atoms with van der Waals surface area (Å²) in [4.78, 5) is 20.5. The van der Waals surface area contributed by atoms with Crippen LogP contribution in [0, 0.1) is 0 Å². The third kappa shape index (κ3) is 3.23. The molecule has 0 aliphatic rings. The topological polar surface area (TPSA) is 78.1 Å². The van der Waals surface area contributed by atoms with E-state index in [9.17, 15) is 4.79 Å². The first kappa shape index (κ1) is 13.4. The van der Waals surface area contributed by atoms with E-state index in [-0.39, 0.29) is 5.97 Å². The number of carbonyl (C=O) groups excluding carboxylic acids is 1. The van der Waals surface area contributed by atoms with Gasteiger partial charge in [0.25, 0.3) is 0 Å². The molecule has 1 aromatic heterocycles. The van der Waals surface area contributed by atoms with Crippen molar-refractivity contribution in [2.75, 3.05) is 12.3 Å². The number of benzene rings is 1. The number of anilines is 1. The maximum Gasteiger partial charge on any atom is 0.339 e. The largest absolute Gasteiger partial charge is 0.462 e. The summed E-state index contributed by atoms with van der Waals surface area (Å²) in [6.45, 7) is 2.09. The molecule has 0 saturated carbocycles. The van der Waals surface area contributed by atoms with Gasteiger partial charge in [-0.15, -0.1) is 0 Å². The van der Waals surface area contributed by atoms with E-state index in [4.69, 9.17) is 10.5 Å². The van der Waals surface area contributed by atoms with Crippen molar-refractivity contribution < 1.29 is 9.53 Å². The first-order valence-electron chi connectivity index (χ1n) is 5.72. The second-order valence-electron chi connectivity index (χ2n) is 3.59. The van der Waals surface area contributed by atoms with Crippen LogP contribution in [-0.4, -0.2) is 22.5 Å². The lowest BCUT2D eigenvalue weighted by Crippen LogP contribution is -2.07. The van der Waals surface area contributed by atoms with Gasteiger partial charge >= 0.3 is 5.97 Å². The van der Waals surface area contributed by atoms with Gasteiger partial charge in [-0.05, 0) is 25.1 Å². The van der Waals surface area contributed by atoms with E-state index < -0.39 is 0 Å². The van der Waals surface area contributed by atoms with Gasteiger partial charge in [-0.1, -0.05) is 17.8 Å². The first-order chi connectivity index (χ1) is 9.22. The Labute approximate surface area is 115 Å². The van der Waals surface area contributed by atoms with Crippen molar-refractivity contribution in [1.82, 2.24) is 9.97 Å². The molecule has 2 aromatic rings. The zero-order chi connectivity index (χ0) is 13.7. The third-order valence-electron chi connectivity index (χ3n) is 2.30. The van der Waals surface area contributed by atoms with Crippen LogP contribution in [0.25, 0.3) is 0 Å². The van der Waals surface area contributed by atoms with Crippen LogP contribution in [0.5, 0.6) is 0 Å². The summed E-state index contributed by atoms with van der Waals surface area (Å²) >= 11 is 1.32. The minimum absolute atomic E-state index is 0.325. The van der Waals surface area contributed by atoms with E-state index >= 15 is 0 Å². The molecule has 5 nitrogen and oxygen atoms in total. The second-order valence-corrected chi connectivity index (χ2v) is 4.62. The van der Waals surface area contributed by atoms with Crippen molar-refractivity contribution >= 4 is 23.4 Å². The van der Waals surface area contributed by atoms with Crippen molar-refractivity contribution in [3.63, 3.8) is 0 Å². The summed E-state index contributed by atoms with van der Waals surface area (Å²) in [5.41, 5.74) is 6.90. The molecule has 0 aliphatic carbocycles. The van der Waals surface area contributed by atoms with E-state index in [1.165, 1.54) is 18.1 Å². The van der Waals surface area contributed by atoms with E-state index in [1.807, 2.05) is 0 Å². The average Bonchev–Trinajstić information content (AvgIpc) is 2.42. The van der Waals surface area contributed by atoms with Gasteiger partial charge in [-0.25, -0.2) is 14.8 Å². The quantitative estimate of drug-likeness (QED) is 0.524. The molecule has 0 amide bonds. The van der Waals surface area contributed by atoms with Crippen LogP contribution in [0.15, 0.2) is 46.7 Å². The third-order valence-corrected chi connectivity index (χ3v) is 3.41. The Bertz CT molecular complexity index is 575. The molecule has 0 unspecified atom stereocenters. The SMILES string of the molecule is CCOC(=O)c1cccc(N)c1Sc1ccncn1. The Kier molecular flexibility index (Phi) is 4.35. The van der Waals surface area contributed by atoms with Gasteiger partial charge in [0.2, 0.25) is 0 Å². The van der Waals surface area contributed by atoms with E-state index in [1.54, 1.807) is 37.4 Å². The lowest BCUT2D eigenvalue weighted by atomic mass is 10.2. The molecule has 0 radical (unpaired) electrons. The Morgan fingerprint density at radius 3 is 2.95 bits per heavy atom. The zero-order valence-electron chi connectivity index (χ0n) is 10.4. The number of hydrogen-bond acceptors (Lipinski definition) is 6. The second kappa shape index (κ2) is 6.19. The predicted molar refractivity (Wildman–Crippen MR) is 73.0 cm³/mol. The molecule has 0 spiro atoms. The number of esters is 1. The minimum Gasteiger partial charge on any atom is -0.462 e. The number of nitrogen functional groups attached to an aromatic ring is 1. The van der Waals surface area contributed by atoms with Crippen LogP contribution in [0.2, 0.25) is 0 Å². The van der Waals surface area contributed by atoms with Gasteiger partial charge in [0.15, 0.2) is 0 Å². The van der Waals surface area contributed by atoms with Gasteiger partial charge in [0.1, 0.15) is 11.4 Å². The fourth-order valence-electron chi connectivity index (χ4n) is 1.48. The molecule has 1 aromatic carbocycles. The van der Waals surface area contributed by atoms with Gasteiger partial charge in [-0.2, -0.15) is 0 Å².